The summed E-state index contributed by atoms with van der Waals surface area (Å²) in [6.07, 6.45) is 6.16. The molecule has 0 aliphatic heterocycles. The van der Waals surface area contributed by atoms with Gasteiger partial charge in [0.2, 0.25) is 0 Å². The molecule has 4 heteroatoms. The van der Waals surface area contributed by atoms with Crippen molar-refractivity contribution in [2.75, 3.05) is 7.11 Å². The fourth-order valence-corrected chi connectivity index (χ4v) is 1.37. The summed E-state index contributed by atoms with van der Waals surface area (Å²) in [5, 5.41) is 0. The van der Waals surface area contributed by atoms with Gasteiger partial charge in [-0.3, -0.25) is 9.59 Å². The van der Waals surface area contributed by atoms with Crippen LogP contribution >= 0.6 is 0 Å². The Morgan fingerprint density at radius 1 is 1.18 bits per heavy atom. The SMILES string of the molecule is CC/C=C/CC(=O)OC(CCC)CC(=O)OC. The van der Waals surface area contributed by atoms with Gasteiger partial charge in [0.25, 0.3) is 0 Å². The maximum absolute atomic E-state index is 11.4. The van der Waals surface area contributed by atoms with Crippen LogP contribution in [0.4, 0.5) is 0 Å². The molecule has 1 atom stereocenters. The minimum atomic E-state index is -0.366. The molecule has 0 rings (SSSR count). The third-order valence-corrected chi connectivity index (χ3v) is 2.22. The molecular formula is C13H22O4. The van der Waals surface area contributed by atoms with E-state index in [2.05, 4.69) is 4.74 Å². The van der Waals surface area contributed by atoms with Gasteiger partial charge in [-0.05, 0) is 12.8 Å². The van der Waals surface area contributed by atoms with Crippen molar-refractivity contribution < 1.29 is 19.1 Å². The first-order chi connectivity index (χ1) is 8.13. The van der Waals surface area contributed by atoms with Crippen LogP contribution in [0.2, 0.25) is 0 Å². The molecule has 0 fully saturated rings. The number of esters is 2. The summed E-state index contributed by atoms with van der Waals surface area (Å²) in [6, 6.07) is 0. The fourth-order valence-electron chi connectivity index (χ4n) is 1.37. The molecule has 0 radical (unpaired) electrons. The predicted molar refractivity (Wildman–Crippen MR) is 65.5 cm³/mol. The maximum atomic E-state index is 11.4. The highest BCUT2D eigenvalue weighted by molar-refractivity contribution is 5.73. The lowest BCUT2D eigenvalue weighted by molar-refractivity contribution is -0.153. The smallest absolute Gasteiger partial charge is 0.309 e. The zero-order valence-corrected chi connectivity index (χ0v) is 10.9. The maximum Gasteiger partial charge on any atom is 0.309 e. The van der Waals surface area contributed by atoms with Crippen molar-refractivity contribution in [2.24, 2.45) is 0 Å². The molecule has 0 aromatic rings. The molecule has 0 aromatic heterocycles. The Kier molecular flexibility index (Phi) is 9.11. The van der Waals surface area contributed by atoms with Crippen molar-refractivity contribution >= 4 is 11.9 Å². The highest BCUT2D eigenvalue weighted by Gasteiger charge is 2.17. The monoisotopic (exact) mass is 242 g/mol. The quantitative estimate of drug-likeness (QED) is 0.485. The van der Waals surface area contributed by atoms with E-state index in [0.29, 0.717) is 6.42 Å². The number of carbonyl (C=O) groups is 2. The van der Waals surface area contributed by atoms with Crippen molar-refractivity contribution in [2.45, 2.75) is 52.1 Å². The predicted octanol–water partition coefficient (Wildman–Crippen LogP) is 2.62. The molecular weight excluding hydrogens is 220 g/mol. The minimum absolute atomic E-state index is 0.133. The van der Waals surface area contributed by atoms with Gasteiger partial charge in [-0.15, -0.1) is 0 Å². The van der Waals surface area contributed by atoms with Gasteiger partial charge in [0, 0.05) is 0 Å². The number of hydrogen-bond donors (Lipinski definition) is 0. The van der Waals surface area contributed by atoms with Crippen LogP contribution < -0.4 is 0 Å². The number of ether oxygens (including phenoxy) is 2. The van der Waals surface area contributed by atoms with Crippen molar-refractivity contribution in [1.29, 1.82) is 0 Å². The van der Waals surface area contributed by atoms with Crippen LogP contribution in [0.3, 0.4) is 0 Å². The van der Waals surface area contributed by atoms with E-state index in [9.17, 15) is 9.59 Å². The van der Waals surface area contributed by atoms with Gasteiger partial charge < -0.3 is 9.47 Å². The van der Waals surface area contributed by atoms with Crippen LogP contribution in [0.1, 0.15) is 46.0 Å². The van der Waals surface area contributed by atoms with Crippen LogP contribution in [0, 0.1) is 0 Å². The second-order valence-electron chi connectivity index (χ2n) is 3.76. The Morgan fingerprint density at radius 2 is 1.88 bits per heavy atom. The molecule has 0 bridgehead atoms. The molecule has 4 nitrogen and oxygen atoms in total. The zero-order valence-electron chi connectivity index (χ0n) is 10.9. The summed E-state index contributed by atoms with van der Waals surface area (Å²) in [7, 11) is 1.33. The Hall–Kier alpha value is -1.32. The average Bonchev–Trinajstić information content (AvgIpc) is 2.29. The molecule has 0 aliphatic carbocycles. The average molecular weight is 242 g/mol. The lowest BCUT2D eigenvalue weighted by Crippen LogP contribution is -2.21. The van der Waals surface area contributed by atoms with Crippen LogP contribution in [-0.2, 0) is 19.1 Å². The third kappa shape index (κ3) is 8.48. The molecule has 0 saturated heterocycles. The van der Waals surface area contributed by atoms with E-state index in [1.165, 1.54) is 7.11 Å². The molecule has 17 heavy (non-hydrogen) atoms. The normalized spacial score (nSPS) is 12.4. The summed E-state index contributed by atoms with van der Waals surface area (Å²) >= 11 is 0. The number of methoxy groups -OCH3 is 1. The molecule has 0 N–H and O–H groups in total. The molecule has 0 aromatic carbocycles. The second-order valence-corrected chi connectivity index (χ2v) is 3.76. The van der Waals surface area contributed by atoms with Gasteiger partial charge in [0.15, 0.2) is 0 Å². The van der Waals surface area contributed by atoms with Gasteiger partial charge in [-0.2, -0.15) is 0 Å². The topological polar surface area (TPSA) is 52.6 Å². The first-order valence-corrected chi connectivity index (χ1v) is 6.05. The molecule has 98 valence electrons. The van der Waals surface area contributed by atoms with Crippen LogP contribution in [0.5, 0.6) is 0 Å². The lowest BCUT2D eigenvalue weighted by Gasteiger charge is -2.15. The van der Waals surface area contributed by atoms with E-state index in [4.69, 9.17) is 4.74 Å². The van der Waals surface area contributed by atoms with Crippen molar-refractivity contribution in [3.8, 4) is 0 Å². The van der Waals surface area contributed by atoms with E-state index < -0.39 is 0 Å². The van der Waals surface area contributed by atoms with Crippen LogP contribution in [0.15, 0.2) is 12.2 Å². The van der Waals surface area contributed by atoms with E-state index in [-0.39, 0.29) is 30.9 Å². The standard InChI is InChI=1S/C13H22O4/c1-4-6-7-9-12(14)17-11(8-5-2)10-13(15)16-3/h6-7,11H,4-5,8-10H2,1-3H3/b7-6+. The highest BCUT2D eigenvalue weighted by Crippen LogP contribution is 2.09. The van der Waals surface area contributed by atoms with Crippen LogP contribution in [-0.4, -0.2) is 25.2 Å². The second kappa shape index (κ2) is 9.87. The molecule has 0 heterocycles. The Morgan fingerprint density at radius 3 is 2.41 bits per heavy atom. The summed E-state index contributed by atoms with van der Waals surface area (Å²) < 4.78 is 9.78. The number of allylic oxidation sites excluding steroid dienone is 1. The molecule has 0 spiro atoms. The van der Waals surface area contributed by atoms with Gasteiger partial charge in [0.1, 0.15) is 6.10 Å². The molecule has 0 saturated carbocycles. The number of hydrogen-bond acceptors (Lipinski definition) is 4. The fraction of sp³-hybridized carbons (Fsp3) is 0.692. The molecule has 0 amide bonds. The summed E-state index contributed by atoms with van der Waals surface area (Å²) in [6.45, 7) is 3.98. The summed E-state index contributed by atoms with van der Waals surface area (Å²) in [5.41, 5.74) is 0. The Bertz CT molecular complexity index is 258. The first-order valence-electron chi connectivity index (χ1n) is 6.05. The Labute approximate surface area is 103 Å². The zero-order chi connectivity index (χ0) is 13.1. The van der Waals surface area contributed by atoms with Gasteiger partial charge >= 0.3 is 11.9 Å². The van der Waals surface area contributed by atoms with E-state index in [0.717, 1.165) is 12.8 Å². The van der Waals surface area contributed by atoms with E-state index >= 15 is 0 Å². The molecule has 1 unspecified atom stereocenters. The molecule has 0 aliphatic rings. The van der Waals surface area contributed by atoms with E-state index in [1.54, 1.807) is 6.08 Å². The van der Waals surface area contributed by atoms with Crippen molar-refractivity contribution in [1.82, 2.24) is 0 Å². The van der Waals surface area contributed by atoms with Gasteiger partial charge in [-0.1, -0.05) is 32.4 Å². The lowest BCUT2D eigenvalue weighted by atomic mass is 10.1. The first kappa shape index (κ1) is 15.7. The van der Waals surface area contributed by atoms with E-state index in [1.807, 2.05) is 19.9 Å². The highest BCUT2D eigenvalue weighted by atomic mass is 16.6. The van der Waals surface area contributed by atoms with Crippen molar-refractivity contribution in [3.05, 3.63) is 12.2 Å². The third-order valence-electron chi connectivity index (χ3n) is 2.22. The van der Waals surface area contributed by atoms with Gasteiger partial charge in [0.05, 0.1) is 20.0 Å². The van der Waals surface area contributed by atoms with Gasteiger partial charge in [-0.25, -0.2) is 0 Å². The number of carbonyl (C=O) groups excluding carboxylic acids is 2. The minimum Gasteiger partial charge on any atom is -0.469 e. The number of rotatable bonds is 8. The summed E-state index contributed by atoms with van der Waals surface area (Å²) in [5.74, 6) is -0.641. The van der Waals surface area contributed by atoms with Crippen molar-refractivity contribution in [3.63, 3.8) is 0 Å². The Balaban J connectivity index is 4.09. The van der Waals surface area contributed by atoms with Crippen LogP contribution in [0.25, 0.3) is 0 Å². The summed E-state index contributed by atoms with van der Waals surface area (Å²) in [4.78, 5) is 22.6. The largest absolute Gasteiger partial charge is 0.469 e.